The molecule has 100 heavy (non-hydrogen) atoms. The summed E-state index contributed by atoms with van der Waals surface area (Å²) in [5.41, 5.74) is 0. The van der Waals surface area contributed by atoms with Gasteiger partial charge in [-0.25, -0.2) is 0 Å². The van der Waals surface area contributed by atoms with Gasteiger partial charge < -0.3 is 27.9 Å². The Morgan fingerprint density at radius 2 is 0.570 bits per heavy atom. The molecule has 0 fully saturated rings. The summed E-state index contributed by atoms with van der Waals surface area (Å²) in [5.74, 6) is -0.842. The minimum atomic E-state index is -4.66. The molecule has 0 spiro atoms. The predicted octanol–water partition coefficient (Wildman–Crippen LogP) is 27.2. The van der Waals surface area contributed by atoms with Crippen molar-refractivity contribution in [2.75, 3.05) is 47.5 Å². The van der Waals surface area contributed by atoms with Crippen molar-refractivity contribution in [3.05, 3.63) is 158 Å². The Morgan fingerprint density at radius 3 is 0.850 bits per heavy atom. The van der Waals surface area contributed by atoms with E-state index >= 15 is 0 Å². The lowest BCUT2D eigenvalue weighted by atomic mass is 10.0. The highest BCUT2D eigenvalue weighted by Gasteiger charge is 2.22. The highest BCUT2D eigenvalue weighted by atomic mass is 31.2. The third-order valence-electron chi connectivity index (χ3n) is 17.5. The number of likely N-dealkylation sites (N-methyl/N-ethyl adjacent to an activating group) is 1. The summed E-state index contributed by atoms with van der Waals surface area (Å²) in [6, 6.07) is 0. The van der Waals surface area contributed by atoms with E-state index in [4.69, 9.17) is 18.5 Å². The standard InChI is InChI=1S/C90H154NO8P/c1-6-8-10-12-14-16-18-20-22-24-26-28-30-32-34-36-38-40-42-43-44-45-46-47-49-51-53-55-57-59-61-63-65-67-69-71-73-75-77-79-81-83-90(93)99-88(87-98-100(94,95)97-85-84-91(3,4)5)86-96-89(92)82-80-78-76-74-72-70-68-66-64-62-60-58-56-54-52-50-48-41-39-37-35-33-31-29-27-25-23-21-19-17-15-13-11-9-7-2/h8,10,14,16,19-22,25-28,32,34,38,40,43-44,46-47,51,53,57,59,63,65,88H,6-7,9,11-13,15,17-18,23-24,29-31,33,35-37,39,41-42,45,48-50,52,54-56,58,60-62,64,66-87H2,1-5H3/b10-8-,16-14-,21-19-,22-20-,27-25-,28-26-,34-32-,40-38-,44-43-,47-46-,53-51-,59-57-,65-63-. The Labute approximate surface area is 617 Å². The number of ether oxygens (including phenoxy) is 2. The van der Waals surface area contributed by atoms with Crippen LogP contribution in [0.15, 0.2) is 158 Å². The van der Waals surface area contributed by atoms with Crippen molar-refractivity contribution in [1.29, 1.82) is 0 Å². The van der Waals surface area contributed by atoms with E-state index in [1.54, 1.807) is 0 Å². The minimum absolute atomic E-state index is 0.0389. The molecule has 572 valence electrons. The molecule has 0 aromatic carbocycles. The van der Waals surface area contributed by atoms with Crippen molar-refractivity contribution in [3.8, 4) is 0 Å². The second-order valence-corrected chi connectivity index (χ2v) is 29.8. The van der Waals surface area contributed by atoms with Gasteiger partial charge in [-0.3, -0.25) is 14.2 Å². The fourth-order valence-electron chi connectivity index (χ4n) is 11.3. The van der Waals surface area contributed by atoms with Gasteiger partial charge in [0, 0.05) is 12.8 Å². The molecule has 0 aromatic heterocycles. The van der Waals surface area contributed by atoms with Crippen LogP contribution in [0.5, 0.6) is 0 Å². The van der Waals surface area contributed by atoms with E-state index in [9.17, 15) is 19.0 Å². The lowest BCUT2D eigenvalue weighted by molar-refractivity contribution is -0.870. The second kappa shape index (κ2) is 78.8. The average Bonchev–Trinajstić information content (AvgIpc) is 1.30. The molecule has 0 bridgehead atoms. The third kappa shape index (κ3) is 82.6. The first-order chi connectivity index (χ1) is 49.0. The molecule has 0 aromatic rings. The van der Waals surface area contributed by atoms with E-state index < -0.39 is 26.5 Å². The van der Waals surface area contributed by atoms with E-state index in [-0.39, 0.29) is 32.0 Å². The van der Waals surface area contributed by atoms with Gasteiger partial charge in [0.05, 0.1) is 27.7 Å². The van der Waals surface area contributed by atoms with Crippen LogP contribution in [-0.2, 0) is 32.7 Å². The predicted molar refractivity (Wildman–Crippen MR) is 434 cm³/mol. The van der Waals surface area contributed by atoms with Crippen LogP contribution in [0, 0.1) is 0 Å². The van der Waals surface area contributed by atoms with E-state index in [1.807, 2.05) is 21.1 Å². The van der Waals surface area contributed by atoms with Crippen molar-refractivity contribution >= 4 is 19.8 Å². The van der Waals surface area contributed by atoms with Crippen LogP contribution in [0.1, 0.15) is 348 Å². The average molecular weight is 1410 g/mol. The maximum absolute atomic E-state index is 12.9. The molecule has 2 unspecified atom stereocenters. The van der Waals surface area contributed by atoms with Gasteiger partial charge in [-0.05, 0) is 128 Å². The number of phosphoric acid groups is 1. The number of carbonyl (C=O) groups is 2. The number of unbranched alkanes of at least 4 members (excludes halogenated alkanes) is 35. The topological polar surface area (TPSA) is 111 Å². The van der Waals surface area contributed by atoms with Crippen molar-refractivity contribution in [1.82, 2.24) is 0 Å². The third-order valence-corrected chi connectivity index (χ3v) is 18.5. The van der Waals surface area contributed by atoms with E-state index in [0.717, 1.165) is 128 Å². The zero-order valence-corrected chi connectivity index (χ0v) is 66.2. The van der Waals surface area contributed by atoms with Crippen molar-refractivity contribution in [2.45, 2.75) is 354 Å². The van der Waals surface area contributed by atoms with Crippen LogP contribution in [0.4, 0.5) is 0 Å². The van der Waals surface area contributed by atoms with Crippen LogP contribution >= 0.6 is 7.82 Å². The number of allylic oxidation sites excluding steroid dienone is 26. The molecule has 0 aliphatic heterocycles. The first kappa shape index (κ1) is 95.6. The van der Waals surface area contributed by atoms with Crippen LogP contribution in [-0.4, -0.2) is 70.0 Å². The van der Waals surface area contributed by atoms with Gasteiger partial charge in [0.1, 0.15) is 19.8 Å². The number of hydrogen-bond donors (Lipinski definition) is 0. The van der Waals surface area contributed by atoms with Gasteiger partial charge >= 0.3 is 11.9 Å². The molecule has 0 saturated heterocycles. The zero-order valence-electron chi connectivity index (χ0n) is 65.3. The highest BCUT2D eigenvalue weighted by Crippen LogP contribution is 2.38. The summed E-state index contributed by atoms with van der Waals surface area (Å²) < 4.78 is 34.4. The van der Waals surface area contributed by atoms with E-state index in [0.29, 0.717) is 17.4 Å². The smallest absolute Gasteiger partial charge is 0.306 e. The Bertz CT molecular complexity index is 2250. The molecule has 0 radical (unpaired) electrons. The highest BCUT2D eigenvalue weighted by molar-refractivity contribution is 7.45. The summed E-state index contributed by atoms with van der Waals surface area (Å²) in [4.78, 5) is 38.2. The Hall–Kier alpha value is -4.37. The van der Waals surface area contributed by atoms with E-state index in [1.165, 1.54) is 186 Å². The monoisotopic (exact) mass is 1410 g/mol. The molecule has 0 amide bonds. The Kier molecular flexibility index (Phi) is 75.3. The van der Waals surface area contributed by atoms with Crippen molar-refractivity contribution in [3.63, 3.8) is 0 Å². The summed E-state index contributed by atoms with van der Waals surface area (Å²) in [5, 5.41) is 0. The number of esters is 2. The van der Waals surface area contributed by atoms with Crippen LogP contribution in [0.2, 0.25) is 0 Å². The summed E-state index contributed by atoms with van der Waals surface area (Å²) in [6.07, 6.45) is 118. The van der Waals surface area contributed by atoms with Gasteiger partial charge in [0.25, 0.3) is 7.82 Å². The summed E-state index contributed by atoms with van der Waals surface area (Å²) in [7, 11) is 1.15. The van der Waals surface area contributed by atoms with Crippen molar-refractivity contribution < 1.29 is 42.1 Å². The van der Waals surface area contributed by atoms with E-state index in [2.05, 4.69) is 172 Å². The molecule has 10 heteroatoms. The summed E-state index contributed by atoms with van der Waals surface area (Å²) >= 11 is 0. The van der Waals surface area contributed by atoms with Gasteiger partial charge in [-0.15, -0.1) is 0 Å². The minimum Gasteiger partial charge on any atom is -0.756 e. The number of phosphoric ester groups is 1. The number of nitrogens with zero attached hydrogens (tertiary/aromatic N) is 1. The number of hydrogen-bond acceptors (Lipinski definition) is 8. The van der Waals surface area contributed by atoms with Gasteiger partial charge in [0.15, 0.2) is 6.10 Å². The first-order valence-electron chi connectivity index (χ1n) is 41.2. The van der Waals surface area contributed by atoms with Crippen LogP contribution in [0.25, 0.3) is 0 Å². The van der Waals surface area contributed by atoms with Crippen molar-refractivity contribution in [2.24, 2.45) is 0 Å². The Balaban J connectivity index is 4.04. The van der Waals surface area contributed by atoms with Crippen LogP contribution in [0.3, 0.4) is 0 Å². The maximum atomic E-state index is 12.9. The fourth-order valence-corrected chi connectivity index (χ4v) is 12.0. The number of quaternary nitrogens is 1. The molecule has 0 saturated carbocycles. The second-order valence-electron chi connectivity index (χ2n) is 28.4. The molecule has 0 aliphatic rings. The normalized spacial score (nSPS) is 13.9. The lowest BCUT2D eigenvalue weighted by Gasteiger charge is -2.28. The van der Waals surface area contributed by atoms with Gasteiger partial charge in [-0.2, -0.15) is 0 Å². The van der Waals surface area contributed by atoms with Gasteiger partial charge in [-0.1, -0.05) is 364 Å². The molecular formula is C90H154NO8P. The van der Waals surface area contributed by atoms with Crippen LogP contribution < -0.4 is 4.89 Å². The quantitative estimate of drug-likeness (QED) is 0.0195. The zero-order chi connectivity index (χ0) is 72.5. The first-order valence-corrected chi connectivity index (χ1v) is 42.7. The largest absolute Gasteiger partial charge is 0.756 e. The lowest BCUT2D eigenvalue weighted by Crippen LogP contribution is -2.37. The number of carbonyl (C=O) groups excluding carboxylic acids is 2. The molecule has 0 aliphatic carbocycles. The molecule has 9 nitrogen and oxygen atoms in total. The molecule has 0 N–H and O–H groups in total. The maximum Gasteiger partial charge on any atom is 0.306 e. The molecular weight excluding hydrogens is 1250 g/mol. The summed E-state index contributed by atoms with van der Waals surface area (Å²) in [6.45, 7) is 4.13. The van der Waals surface area contributed by atoms with Gasteiger partial charge in [0.2, 0.25) is 0 Å². The molecule has 0 heterocycles. The Morgan fingerprint density at radius 1 is 0.320 bits per heavy atom. The SMILES string of the molecule is CC/C=C\C/C=C\C/C=C\C/C=C\C/C=C\C/C=C\C/C=C\C/C=C\C/C=C\C/C=C\C/C=C\CCCCCCCCCC(=O)OC(COC(=O)CCCCCCCCCCCCCCCCCCCCCCCCC/C=C\C/C=C\CCCCCCC)COP(=O)([O-])OCC[N+](C)(C)C. The fraction of sp³-hybridized carbons (Fsp3) is 0.689. The number of rotatable bonds is 75. The molecule has 0 rings (SSSR count). The molecule has 2 atom stereocenters.